The van der Waals surface area contributed by atoms with Crippen molar-refractivity contribution >= 4 is 0 Å². The molecule has 0 saturated heterocycles. The fraction of sp³-hybridized carbons (Fsp3) is 0.667. The van der Waals surface area contributed by atoms with Crippen LogP contribution in [0.1, 0.15) is 45.2 Å². The number of benzene rings is 1. The summed E-state index contributed by atoms with van der Waals surface area (Å²) in [6, 6.07) is 9.77. The molecular weight excluding hydrogens is 246 g/mol. The molecule has 0 amide bonds. The van der Waals surface area contributed by atoms with Crippen molar-refractivity contribution in [2.24, 2.45) is 5.92 Å². The van der Waals surface area contributed by atoms with Crippen LogP contribution < -0.4 is 5.32 Å². The summed E-state index contributed by atoms with van der Waals surface area (Å²) in [7, 11) is 0. The lowest BCUT2D eigenvalue weighted by Crippen LogP contribution is -2.43. The quantitative estimate of drug-likeness (QED) is 0.737. The summed E-state index contributed by atoms with van der Waals surface area (Å²) in [5.41, 5.74) is 2.78. The molecule has 114 valence electrons. The molecule has 1 N–H and O–H groups in total. The molecule has 0 radical (unpaired) electrons. The molecule has 0 fully saturated rings. The predicted octanol–water partition coefficient (Wildman–Crippen LogP) is 3.97. The Morgan fingerprint density at radius 1 is 1.20 bits per heavy atom. The van der Waals surface area contributed by atoms with Crippen LogP contribution in [-0.2, 0) is 11.2 Å². The first-order valence-electron chi connectivity index (χ1n) is 7.92. The van der Waals surface area contributed by atoms with Crippen molar-refractivity contribution in [1.82, 2.24) is 5.32 Å². The average Bonchev–Trinajstić information content (AvgIpc) is 2.41. The van der Waals surface area contributed by atoms with Gasteiger partial charge in [0.15, 0.2) is 0 Å². The molecule has 0 aliphatic heterocycles. The van der Waals surface area contributed by atoms with Crippen LogP contribution >= 0.6 is 0 Å². The number of nitrogens with one attached hydrogen (secondary N) is 1. The summed E-state index contributed by atoms with van der Waals surface area (Å²) in [4.78, 5) is 0. The van der Waals surface area contributed by atoms with Crippen LogP contribution in [0.3, 0.4) is 0 Å². The molecule has 2 heteroatoms. The van der Waals surface area contributed by atoms with E-state index in [9.17, 15) is 0 Å². The third kappa shape index (κ3) is 6.53. The Balaban J connectivity index is 2.39. The largest absolute Gasteiger partial charge is 0.380 e. The molecule has 0 heterocycles. The Hall–Kier alpha value is -0.860. The highest BCUT2D eigenvalue weighted by Crippen LogP contribution is 2.10. The summed E-state index contributed by atoms with van der Waals surface area (Å²) in [6.07, 6.45) is 2.30. The summed E-state index contributed by atoms with van der Waals surface area (Å²) in [5, 5.41) is 3.71. The zero-order chi connectivity index (χ0) is 15.0. The number of hydrogen-bond donors (Lipinski definition) is 1. The Morgan fingerprint density at radius 2 is 1.95 bits per heavy atom. The molecule has 0 bridgehead atoms. The van der Waals surface area contributed by atoms with E-state index in [1.54, 1.807) is 0 Å². The highest BCUT2D eigenvalue weighted by molar-refractivity contribution is 5.22. The second-order valence-corrected chi connectivity index (χ2v) is 6.11. The van der Waals surface area contributed by atoms with Crippen molar-refractivity contribution in [3.8, 4) is 0 Å². The second kappa shape index (κ2) is 9.15. The number of ether oxygens (including phenoxy) is 1. The van der Waals surface area contributed by atoms with Gasteiger partial charge in [0.2, 0.25) is 0 Å². The van der Waals surface area contributed by atoms with E-state index in [1.807, 2.05) is 0 Å². The Bertz CT molecular complexity index is 375. The van der Waals surface area contributed by atoms with Gasteiger partial charge < -0.3 is 10.1 Å². The Labute approximate surface area is 124 Å². The number of hydrogen-bond acceptors (Lipinski definition) is 2. The van der Waals surface area contributed by atoms with E-state index in [1.165, 1.54) is 17.5 Å². The van der Waals surface area contributed by atoms with E-state index in [4.69, 9.17) is 4.74 Å². The van der Waals surface area contributed by atoms with Gasteiger partial charge in [-0.2, -0.15) is 0 Å². The normalized spacial score (nSPS) is 14.5. The smallest absolute Gasteiger partial charge is 0.0622 e. The van der Waals surface area contributed by atoms with Gasteiger partial charge in [0.05, 0.1) is 6.61 Å². The van der Waals surface area contributed by atoms with Crippen LogP contribution in [0.15, 0.2) is 24.3 Å². The third-order valence-electron chi connectivity index (χ3n) is 3.75. The van der Waals surface area contributed by atoms with Gasteiger partial charge in [-0.25, -0.2) is 0 Å². The second-order valence-electron chi connectivity index (χ2n) is 6.11. The summed E-state index contributed by atoms with van der Waals surface area (Å²) < 4.78 is 5.57. The van der Waals surface area contributed by atoms with Crippen molar-refractivity contribution in [2.45, 2.75) is 59.5 Å². The van der Waals surface area contributed by atoms with Gasteiger partial charge in [-0.05, 0) is 45.1 Å². The molecule has 2 unspecified atom stereocenters. The standard InChI is InChI=1S/C18H31NO/c1-6-20-13-18(14(2)3)19-16(5)10-11-17-9-7-8-15(4)12-17/h7-9,12,14,16,18-19H,6,10-11,13H2,1-5H3. The molecule has 2 atom stereocenters. The van der Waals surface area contributed by atoms with Crippen LogP contribution in [0, 0.1) is 12.8 Å². The molecule has 0 aromatic heterocycles. The van der Waals surface area contributed by atoms with Crippen molar-refractivity contribution < 1.29 is 4.74 Å². The lowest BCUT2D eigenvalue weighted by atomic mass is 10.0. The third-order valence-corrected chi connectivity index (χ3v) is 3.75. The van der Waals surface area contributed by atoms with E-state index in [0.717, 1.165) is 19.6 Å². The van der Waals surface area contributed by atoms with Gasteiger partial charge in [0.1, 0.15) is 0 Å². The minimum Gasteiger partial charge on any atom is -0.380 e. The molecule has 20 heavy (non-hydrogen) atoms. The molecule has 1 aromatic rings. The van der Waals surface area contributed by atoms with Crippen molar-refractivity contribution in [3.63, 3.8) is 0 Å². The Kier molecular flexibility index (Phi) is 7.86. The summed E-state index contributed by atoms with van der Waals surface area (Å²) in [6.45, 7) is 12.6. The van der Waals surface area contributed by atoms with Crippen LogP contribution in [0.2, 0.25) is 0 Å². The molecular formula is C18H31NO. The van der Waals surface area contributed by atoms with Crippen molar-refractivity contribution in [2.75, 3.05) is 13.2 Å². The predicted molar refractivity (Wildman–Crippen MR) is 87.2 cm³/mol. The average molecular weight is 277 g/mol. The van der Waals surface area contributed by atoms with E-state index in [-0.39, 0.29) is 0 Å². The molecule has 0 spiro atoms. The van der Waals surface area contributed by atoms with Crippen LogP contribution in [-0.4, -0.2) is 25.3 Å². The maximum absolute atomic E-state index is 5.57. The van der Waals surface area contributed by atoms with Gasteiger partial charge in [0, 0.05) is 18.7 Å². The molecule has 0 aliphatic rings. The van der Waals surface area contributed by atoms with Gasteiger partial charge in [-0.15, -0.1) is 0 Å². The fourth-order valence-electron chi connectivity index (χ4n) is 2.38. The van der Waals surface area contributed by atoms with E-state index in [0.29, 0.717) is 18.0 Å². The van der Waals surface area contributed by atoms with E-state index >= 15 is 0 Å². The van der Waals surface area contributed by atoms with E-state index < -0.39 is 0 Å². The number of aryl methyl sites for hydroxylation is 2. The van der Waals surface area contributed by atoms with E-state index in [2.05, 4.69) is 64.2 Å². The maximum atomic E-state index is 5.57. The van der Waals surface area contributed by atoms with Crippen molar-refractivity contribution in [1.29, 1.82) is 0 Å². The zero-order valence-electron chi connectivity index (χ0n) is 13.8. The van der Waals surface area contributed by atoms with Gasteiger partial charge in [-0.3, -0.25) is 0 Å². The van der Waals surface area contributed by atoms with Crippen LogP contribution in [0.5, 0.6) is 0 Å². The first-order valence-corrected chi connectivity index (χ1v) is 7.92. The van der Waals surface area contributed by atoms with Crippen molar-refractivity contribution in [3.05, 3.63) is 35.4 Å². The minimum absolute atomic E-state index is 0.447. The molecule has 0 aliphatic carbocycles. The molecule has 1 rings (SSSR count). The van der Waals surface area contributed by atoms with Gasteiger partial charge in [0.25, 0.3) is 0 Å². The summed E-state index contributed by atoms with van der Waals surface area (Å²) in [5.74, 6) is 0.600. The molecule has 0 saturated carbocycles. The van der Waals surface area contributed by atoms with Crippen LogP contribution in [0.4, 0.5) is 0 Å². The van der Waals surface area contributed by atoms with Crippen LogP contribution in [0.25, 0.3) is 0 Å². The fourth-order valence-corrected chi connectivity index (χ4v) is 2.38. The molecule has 2 nitrogen and oxygen atoms in total. The Morgan fingerprint density at radius 3 is 2.55 bits per heavy atom. The lowest BCUT2D eigenvalue weighted by molar-refractivity contribution is 0.104. The summed E-state index contributed by atoms with van der Waals surface area (Å²) >= 11 is 0. The topological polar surface area (TPSA) is 21.3 Å². The molecule has 1 aromatic carbocycles. The first-order chi connectivity index (χ1) is 9.52. The van der Waals surface area contributed by atoms with Gasteiger partial charge in [-0.1, -0.05) is 43.7 Å². The SMILES string of the molecule is CCOCC(NC(C)CCc1cccc(C)c1)C(C)C. The minimum atomic E-state index is 0.447. The zero-order valence-corrected chi connectivity index (χ0v) is 13.8. The lowest BCUT2D eigenvalue weighted by Gasteiger charge is -2.26. The monoisotopic (exact) mass is 277 g/mol. The van der Waals surface area contributed by atoms with Gasteiger partial charge >= 0.3 is 0 Å². The maximum Gasteiger partial charge on any atom is 0.0622 e. The first kappa shape index (κ1) is 17.2. The number of rotatable bonds is 9. The highest BCUT2D eigenvalue weighted by atomic mass is 16.5. The highest BCUT2D eigenvalue weighted by Gasteiger charge is 2.15.